The molecule has 0 saturated heterocycles. The van der Waals surface area contributed by atoms with Crippen LogP contribution in [-0.4, -0.2) is 17.8 Å². The summed E-state index contributed by atoms with van der Waals surface area (Å²) in [5, 5.41) is 10.1. The maximum Gasteiger partial charge on any atom is 0.102 e. The second-order valence-electron chi connectivity index (χ2n) is 5.13. The molecular formula is C15H23NO2. The van der Waals surface area contributed by atoms with Gasteiger partial charge in [0.1, 0.15) is 6.10 Å². The summed E-state index contributed by atoms with van der Waals surface area (Å²) < 4.78 is 5.83. The number of nitrogens with two attached hydrogens (primary N) is 1. The number of anilines is 1. The molecule has 1 aromatic rings. The van der Waals surface area contributed by atoms with E-state index < -0.39 is 6.10 Å². The third-order valence-corrected chi connectivity index (χ3v) is 3.59. The van der Waals surface area contributed by atoms with Crippen molar-refractivity contribution in [3.63, 3.8) is 0 Å². The van der Waals surface area contributed by atoms with Gasteiger partial charge in [0.2, 0.25) is 0 Å². The zero-order valence-corrected chi connectivity index (χ0v) is 10.8. The Morgan fingerprint density at radius 3 is 2.61 bits per heavy atom. The predicted molar refractivity (Wildman–Crippen MR) is 73.3 cm³/mol. The van der Waals surface area contributed by atoms with E-state index >= 15 is 0 Å². The van der Waals surface area contributed by atoms with Crippen molar-refractivity contribution in [2.24, 2.45) is 0 Å². The lowest BCUT2D eigenvalue weighted by molar-refractivity contribution is -0.0159. The molecule has 3 N–H and O–H groups in total. The highest BCUT2D eigenvalue weighted by atomic mass is 16.5. The van der Waals surface area contributed by atoms with E-state index in [1.165, 1.54) is 25.7 Å². The quantitative estimate of drug-likeness (QED) is 0.637. The van der Waals surface area contributed by atoms with E-state index in [0.29, 0.717) is 18.4 Å². The van der Waals surface area contributed by atoms with Crippen molar-refractivity contribution < 1.29 is 9.84 Å². The average molecular weight is 249 g/mol. The number of rotatable bonds is 4. The predicted octanol–water partition coefficient (Wildman–Crippen LogP) is 3.04. The summed E-state index contributed by atoms with van der Waals surface area (Å²) in [5.74, 6) is 0. The Balaban J connectivity index is 1.82. The fourth-order valence-electron chi connectivity index (χ4n) is 2.50. The maximum absolute atomic E-state index is 10.1. The van der Waals surface area contributed by atoms with Crippen LogP contribution in [0.3, 0.4) is 0 Å². The summed E-state index contributed by atoms with van der Waals surface area (Å²) in [6.07, 6.45) is 7.14. The van der Waals surface area contributed by atoms with Crippen LogP contribution in [0.25, 0.3) is 0 Å². The molecule has 18 heavy (non-hydrogen) atoms. The van der Waals surface area contributed by atoms with Crippen molar-refractivity contribution in [2.45, 2.75) is 50.7 Å². The van der Waals surface area contributed by atoms with E-state index in [0.717, 1.165) is 18.4 Å². The molecule has 1 atom stereocenters. The number of hydrogen-bond acceptors (Lipinski definition) is 3. The first kappa shape index (κ1) is 13.4. The molecule has 3 nitrogen and oxygen atoms in total. The smallest absolute Gasteiger partial charge is 0.102 e. The van der Waals surface area contributed by atoms with Crippen molar-refractivity contribution in [1.29, 1.82) is 0 Å². The first-order valence-corrected chi connectivity index (χ1v) is 6.91. The summed E-state index contributed by atoms with van der Waals surface area (Å²) in [5.41, 5.74) is 7.22. The van der Waals surface area contributed by atoms with Crippen LogP contribution in [0, 0.1) is 0 Å². The van der Waals surface area contributed by atoms with Crippen LogP contribution in [0.4, 0.5) is 5.69 Å². The Kier molecular flexibility index (Phi) is 5.02. The minimum atomic E-state index is -0.572. The van der Waals surface area contributed by atoms with E-state index in [-0.39, 0.29) is 0 Å². The van der Waals surface area contributed by atoms with Crippen LogP contribution in [0.5, 0.6) is 0 Å². The first-order chi connectivity index (χ1) is 8.75. The van der Waals surface area contributed by atoms with Gasteiger partial charge in [0, 0.05) is 5.69 Å². The van der Waals surface area contributed by atoms with Crippen LogP contribution in [0.1, 0.15) is 50.2 Å². The molecule has 1 fully saturated rings. The van der Waals surface area contributed by atoms with E-state index in [1.807, 2.05) is 18.2 Å². The minimum Gasteiger partial charge on any atom is -0.399 e. The van der Waals surface area contributed by atoms with Gasteiger partial charge >= 0.3 is 0 Å². The molecule has 1 aliphatic carbocycles. The van der Waals surface area contributed by atoms with E-state index in [9.17, 15) is 5.11 Å². The topological polar surface area (TPSA) is 55.5 Å². The fourth-order valence-corrected chi connectivity index (χ4v) is 2.50. The van der Waals surface area contributed by atoms with Gasteiger partial charge in [-0.05, 0) is 30.5 Å². The Morgan fingerprint density at radius 2 is 1.94 bits per heavy atom. The van der Waals surface area contributed by atoms with Gasteiger partial charge < -0.3 is 15.6 Å². The van der Waals surface area contributed by atoms with Crippen molar-refractivity contribution in [3.8, 4) is 0 Å². The summed E-state index contributed by atoms with van der Waals surface area (Å²) in [7, 11) is 0. The molecule has 100 valence electrons. The van der Waals surface area contributed by atoms with Crippen LogP contribution in [0.15, 0.2) is 24.3 Å². The van der Waals surface area contributed by atoms with E-state index in [1.54, 1.807) is 6.07 Å². The number of nitrogen functional groups attached to an aromatic ring is 1. The first-order valence-electron chi connectivity index (χ1n) is 6.91. The molecule has 0 aliphatic heterocycles. The molecule has 1 unspecified atom stereocenters. The molecule has 0 spiro atoms. The Bertz CT molecular complexity index is 359. The van der Waals surface area contributed by atoms with Gasteiger partial charge in [-0.1, -0.05) is 37.8 Å². The lowest BCUT2D eigenvalue weighted by Crippen LogP contribution is -2.17. The standard InChI is InChI=1S/C15H23NO2/c16-13-7-5-6-12(10-13)15(17)11-18-14-8-3-1-2-4-9-14/h5-7,10,14-15,17H,1-4,8-9,11,16H2. The minimum absolute atomic E-state index is 0.322. The lowest BCUT2D eigenvalue weighted by atomic mass is 10.1. The second kappa shape index (κ2) is 6.76. The van der Waals surface area contributed by atoms with Gasteiger partial charge in [-0.15, -0.1) is 0 Å². The molecule has 2 rings (SSSR count). The third-order valence-electron chi connectivity index (χ3n) is 3.59. The lowest BCUT2D eigenvalue weighted by Gasteiger charge is -2.18. The van der Waals surface area contributed by atoms with Crippen molar-refractivity contribution >= 4 is 5.69 Å². The fraction of sp³-hybridized carbons (Fsp3) is 0.600. The van der Waals surface area contributed by atoms with E-state index in [2.05, 4.69) is 0 Å². The number of hydrogen-bond donors (Lipinski definition) is 2. The molecular weight excluding hydrogens is 226 g/mol. The third kappa shape index (κ3) is 4.00. The number of ether oxygens (including phenoxy) is 1. The van der Waals surface area contributed by atoms with Crippen molar-refractivity contribution in [3.05, 3.63) is 29.8 Å². The normalized spacial score (nSPS) is 19.4. The maximum atomic E-state index is 10.1. The van der Waals surface area contributed by atoms with Crippen LogP contribution in [0.2, 0.25) is 0 Å². The second-order valence-corrected chi connectivity index (χ2v) is 5.13. The zero-order valence-electron chi connectivity index (χ0n) is 10.8. The van der Waals surface area contributed by atoms with Crippen molar-refractivity contribution in [2.75, 3.05) is 12.3 Å². The highest BCUT2D eigenvalue weighted by Crippen LogP contribution is 2.22. The molecule has 1 aromatic carbocycles. The molecule has 0 aromatic heterocycles. The van der Waals surface area contributed by atoms with E-state index in [4.69, 9.17) is 10.5 Å². The highest BCUT2D eigenvalue weighted by molar-refractivity contribution is 5.41. The average Bonchev–Trinajstić information content (AvgIpc) is 2.64. The SMILES string of the molecule is Nc1cccc(C(O)COC2CCCCCC2)c1. The van der Waals surface area contributed by atoms with Crippen molar-refractivity contribution in [1.82, 2.24) is 0 Å². The number of aliphatic hydroxyl groups excluding tert-OH is 1. The molecule has 1 aliphatic rings. The Morgan fingerprint density at radius 1 is 1.22 bits per heavy atom. The molecule has 0 radical (unpaired) electrons. The monoisotopic (exact) mass is 249 g/mol. The van der Waals surface area contributed by atoms with Gasteiger partial charge in [0.25, 0.3) is 0 Å². The van der Waals surface area contributed by atoms with Crippen LogP contribution in [-0.2, 0) is 4.74 Å². The summed E-state index contributed by atoms with van der Waals surface area (Å²) in [6, 6.07) is 7.38. The molecule has 0 bridgehead atoms. The molecule has 1 saturated carbocycles. The number of aliphatic hydroxyl groups is 1. The molecule has 3 heteroatoms. The van der Waals surface area contributed by atoms with Gasteiger partial charge in [-0.3, -0.25) is 0 Å². The van der Waals surface area contributed by atoms with Gasteiger partial charge in [0.15, 0.2) is 0 Å². The van der Waals surface area contributed by atoms with Crippen LogP contribution >= 0.6 is 0 Å². The number of benzene rings is 1. The van der Waals surface area contributed by atoms with Gasteiger partial charge in [-0.2, -0.15) is 0 Å². The Hall–Kier alpha value is -1.06. The van der Waals surface area contributed by atoms with Gasteiger partial charge in [-0.25, -0.2) is 0 Å². The Labute approximate surface area is 109 Å². The summed E-state index contributed by atoms with van der Waals surface area (Å²) in [6.45, 7) is 0.369. The zero-order chi connectivity index (χ0) is 12.8. The molecule has 0 heterocycles. The van der Waals surface area contributed by atoms with Gasteiger partial charge in [0.05, 0.1) is 12.7 Å². The largest absolute Gasteiger partial charge is 0.399 e. The highest BCUT2D eigenvalue weighted by Gasteiger charge is 2.15. The van der Waals surface area contributed by atoms with Crippen LogP contribution < -0.4 is 5.73 Å². The summed E-state index contributed by atoms with van der Waals surface area (Å²) >= 11 is 0. The summed E-state index contributed by atoms with van der Waals surface area (Å²) in [4.78, 5) is 0. The molecule has 0 amide bonds.